The molecule has 0 spiro atoms. The fourth-order valence-electron chi connectivity index (χ4n) is 3.84. The molecule has 4 rings (SSSR count). The van der Waals surface area contributed by atoms with Crippen LogP contribution in [0.5, 0.6) is 5.75 Å². The van der Waals surface area contributed by atoms with Gasteiger partial charge in [-0.1, -0.05) is 60.7 Å². The first kappa shape index (κ1) is 19.9. The molecule has 6 heteroatoms. The maximum atomic E-state index is 12.2. The molecule has 30 heavy (non-hydrogen) atoms. The first-order chi connectivity index (χ1) is 14.5. The predicted octanol–water partition coefficient (Wildman–Crippen LogP) is 3.33. The topological polar surface area (TPSA) is 99.0 Å². The van der Waals surface area contributed by atoms with Crippen molar-refractivity contribution < 1.29 is 24.9 Å². The van der Waals surface area contributed by atoms with E-state index in [0.29, 0.717) is 5.56 Å². The molecule has 0 saturated heterocycles. The van der Waals surface area contributed by atoms with Gasteiger partial charge in [0.15, 0.2) is 0 Å². The third kappa shape index (κ3) is 4.01. The van der Waals surface area contributed by atoms with Gasteiger partial charge in [-0.3, -0.25) is 0 Å². The van der Waals surface area contributed by atoms with Gasteiger partial charge in [-0.25, -0.2) is 4.79 Å². The van der Waals surface area contributed by atoms with Crippen LogP contribution in [0.1, 0.15) is 28.7 Å². The quantitative estimate of drug-likeness (QED) is 0.504. The second kappa shape index (κ2) is 8.57. The van der Waals surface area contributed by atoms with E-state index in [-0.39, 0.29) is 24.8 Å². The van der Waals surface area contributed by atoms with Crippen molar-refractivity contribution in [2.45, 2.75) is 18.1 Å². The molecule has 3 aromatic rings. The minimum atomic E-state index is -1.21. The molecule has 2 atom stereocenters. The highest BCUT2D eigenvalue weighted by atomic mass is 16.5. The number of ether oxygens (including phenoxy) is 1. The zero-order valence-corrected chi connectivity index (χ0v) is 16.2. The van der Waals surface area contributed by atoms with Crippen molar-refractivity contribution in [1.29, 1.82) is 0 Å². The lowest BCUT2D eigenvalue weighted by Crippen LogP contribution is -2.36. The number of alkyl carbamates (subject to hydrolysis) is 1. The average Bonchev–Trinajstić information content (AvgIpc) is 3.10. The molecular weight excluding hydrogens is 382 g/mol. The lowest BCUT2D eigenvalue weighted by molar-refractivity contribution is 0.0185. The number of benzene rings is 3. The van der Waals surface area contributed by atoms with Crippen LogP contribution in [-0.2, 0) is 4.74 Å². The number of hydrogen-bond acceptors (Lipinski definition) is 5. The number of nitrogens with one attached hydrogen (secondary N) is 1. The maximum Gasteiger partial charge on any atom is 0.407 e. The summed E-state index contributed by atoms with van der Waals surface area (Å²) in [6.45, 7) is 0.00912. The number of carbonyl (C=O) groups excluding carboxylic acids is 1. The molecule has 0 radical (unpaired) electrons. The molecular formula is C24H23NO5. The summed E-state index contributed by atoms with van der Waals surface area (Å²) in [6.07, 6.45) is -3.07. The van der Waals surface area contributed by atoms with Gasteiger partial charge in [-0.05, 0) is 39.9 Å². The lowest BCUT2D eigenvalue weighted by atomic mass is 9.98. The van der Waals surface area contributed by atoms with E-state index in [0.717, 1.165) is 22.3 Å². The summed E-state index contributed by atoms with van der Waals surface area (Å²) in [5.41, 5.74) is 4.97. The lowest BCUT2D eigenvalue weighted by Gasteiger charge is -2.19. The monoisotopic (exact) mass is 405 g/mol. The Morgan fingerprint density at radius 1 is 0.900 bits per heavy atom. The van der Waals surface area contributed by atoms with E-state index in [1.54, 1.807) is 0 Å². The minimum absolute atomic E-state index is 0.0457. The van der Waals surface area contributed by atoms with E-state index in [1.807, 2.05) is 36.4 Å². The summed E-state index contributed by atoms with van der Waals surface area (Å²) in [6, 6.07) is 22.0. The van der Waals surface area contributed by atoms with Crippen LogP contribution in [0.15, 0.2) is 72.8 Å². The van der Waals surface area contributed by atoms with Gasteiger partial charge in [0.05, 0.1) is 0 Å². The Balaban J connectivity index is 1.33. The second-order valence-corrected chi connectivity index (χ2v) is 7.31. The first-order valence-corrected chi connectivity index (χ1v) is 9.78. The van der Waals surface area contributed by atoms with Gasteiger partial charge >= 0.3 is 6.09 Å². The summed E-state index contributed by atoms with van der Waals surface area (Å²) < 4.78 is 5.42. The number of phenols is 1. The van der Waals surface area contributed by atoms with Crippen molar-refractivity contribution in [2.24, 2.45) is 0 Å². The molecule has 0 heterocycles. The molecule has 0 bridgehead atoms. The average molecular weight is 405 g/mol. The number of aromatic hydroxyl groups is 1. The fourth-order valence-corrected chi connectivity index (χ4v) is 3.84. The molecule has 2 unspecified atom stereocenters. The molecule has 4 N–H and O–H groups in total. The van der Waals surface area contributed by atoms with Crippen LogP contribution in [0.2, 0.25) is 0 Å². The molecule has 0 saturated carbocycles. The molecule has 1 amide bonds. The van der Waals surface area contributed by atoms with Crippen LogP contribution in [0.4, 0.5) is 4.79 Å². The van der Waals surface area contributed by atoms with Crippen molar-refractivity contribution in [3.05, 3.63) is 89.5 Å². The van der Waals surface area contributed by atoms with Gasteiger partial charge in [-0.2, -0.15) is 0 Å². The molecule has 1 aliphatic carbocycles. The van der Waals surface area contributed by atoms with E-state index in [1.165, 1.54) is 24.3 Å². The summed E-state index contributed by atoms with van der Waals surface area (Å²) in [5, 5.41) is 32.1. The van der Waals surface area contributed by atoms with E-state index in [2.05, 4.69) is 17.4 Å². The van der Waals surface area contributed by atoms with E-state index < -0.39 is 18.3 Å². The normalized spacial score (nSPS) is 14.5. The van der Waals surface area contributed by atoms with E-state index in [9.17, 15) is 20.1 Å². The third-order valence-corrected chi connectivity index (χ3v) is 5.40. The van der Waals surface area contributed by atoms with Gasteiger partial charge in [0.25, 0.3) is 0 Å². The fraction of sp³-hybridized carbons (Fsp3) is 0.208. The highest BCUT2D eigenvalue weighted by molar-refractivity contribution is 5.79. The number of carbonyl (C=O) groups is 1. The SMILES string of the molecule is O=C(NCC(O)C(O)c1ccc(O)cc1)OCC1c2ccccc2-c2ccccc21. The van der Waals surface area contributed by atoms with Crippen molar-refractivity contribution in [1.82, 2.24) is 5.32 Å². The molecule has 1 aliphatic rings. The van der Waals surface area contributed by atoms with Crippen LogP contribution in [0.3, 0.4) is 0 Å². The summed E-state index contributed by atoms with van der Waals surface area (Å²) in [4.78, 5) is 12.2. The number of fused-ring (bicyclic) bond motifs is 3. The van der Waals surface area contributed by atoms with Crippen molar-refractivity contribution >= 4 is 6.09 Å². The van der Waals surface area contributed by atoms with Crippen LogP contribution in [0, 0.1) is 0 Å². The minimum Gasteiger partial charge on any atom is -0.508 e. The molecule has 0 aromatic heterocycles. The van der Waals surface area contributed by atoms with E-state index >= 15 is 0 Å². The van der Waals surface area contributed by atoms with Gasteiger partial charge in [0, 0.05) is 12.5 Å². The summed E-state index contributed by atoms with van der Waals surface area (Å²) in [7, 11) is 0. The van der Waals surface area contributed by atoms with Gasteiger partial charge in [-0.15, -0.1) is 0 Å². The van der Waals surface area contributed by atoms with Crippen LogP contribution in [-0.4, -0.2) is 40.7 Å². The standard InChI is InChI=1S/C24H23NO5/c26-16-11-9-15(10-12-16)23(28)22(27)13-25-24(29)30-14-21-19-7-3-1-5-17(19)18-6-2-4-8-20(18)21/h1-12,21-23,26-28H,13-14H2,(H,25,29). The highest BCUT2D eigenvalue weighted by Gasteiger charge is 2.29. The largest absolute Gasteiger partial charge is 0.508 e. The van der Waals surface area contributed by atoms with Crippen LogP contribution in [0.25, 0.3) is 11.1 Å². The highest BCUT2D eigenvalue weighted by Crippen LogP contribution is 2.44. The second-order valence-electron chi connectivity index (χ2n) is 7.31. The van der Waals surface area contributed by atoms with E-state index in [4.69, 9.17) is 4.74 Å². The zero-order valence-electron chi connectivity index (χ0n) is 16.2. The van der Waals surface area contributed by atoms with Gasteiger partial charge < -0.3 is 25.4 Å². The smallest absolute Gasteiger partial charge is 0.407 e. The van der Waals surface area contributed by atoms with Crippen LogP contribution >= 0.6 is 0 Å². The number of phenolic OH excluding ortho intramolecular Hbond substituents is 1. The Morgan fingerprint density at radius 2 is 1.47 bits per heavy atom. The number of aliphatic hydroxyl groups is 2. The van der Waals surface area contributed by atoms with Crippen molar-refractivity contribution in [3.8, 4) is 16.9 Å². The Morgan fingerprint density at radius 3 is 2.07 bits per heavy atom. The first-order valence-electron chi connectivity index (χ1n) is 9.78. The Bertz CT molecular complexity index is 988. The Kier molecular flexibility index (Phi) is 5.70. The predicted molar refractivity (Wildman–Crippen MR) is 112 cm³/mol. The van der Waals surface area contributed by atoms with Gasteiger partial charge in [0.2, 0.25) is 0 Å². The summed E-state index contributed by atoms with van der Waals surface area (Å²) >= 11 is 0. The molecule has 154 valence electrons. The number of hydrogen-bond donors (Lipinski definition) is 4. The van der Waals surface area contributed by atoms with Gasteiger partial charge in [0.1, 0.15) is 24.6 Å². The molecule has 6 nitrogen and oxygen atoms in total. The number of rotatable bonds is 6. The maximum absolute atomic E-state index is 12.2. The zero-order chi connectivity index (χ0) is 21.1. The van der Waals surface area contributed by atoms with Crippen molar-refractivity contribution in [2.75, 3.05) is 13.2 Å². The number of aliphatic hydroxyl groups excluding tert-OH is 2. The molecule has 0 aliphatic heterocycles. The third-order valence-electron chi connectivity index (χ3n) is 5.40. The summed E-state index contributed by atoms with van der Waals surface area (Å²) in [5.74, 6) is 0.0212. The Hall–Kier alpha value is -3.35. The molecule has 3 aromatic carbocycles. The van der Waals surface area contributed by atoms with Crippen LogP contribution < -0.4 is 5.32 Å². The Labute approximate surface area is 174 Å². The number of amides is 1. The molecule has 0 fully saturated rings. The van der Waals surface area contributed by atoms with Crippen molar-refractivity contribution in [3.63, 3.8) is 0 Å².